The molecule has 30 heavy (non-hydrogen) atoms. The predicted molar refractivity (Wildman–Crippen MR) is 115 cm³/mol. The van der Waals surface area contributed by atoms with Crippen molar-refractivity contribution in [3.8, 4) is 11.3 Å². The zero-order valence-electron chi connectivity index (χ0n) is 16.4. The van der Waals surface area contributed by atoms with Crippen molar-refractivity contribution in [1.82, 2.24) is 4.90 Å². The van der Waals surface area contributed by atoms with Crippen molar-refractivity contribution in [2.45, 2.75) is 25.8 Å². The SMILES string of the molecule is O=C(Nc1ccc(-c2cc3c(o2)CCN(C(=O)c2ccccc2Cl)C3)cc1)C1CC1. The van der Waals surface area contributed by atoms with Crippen molar-refractivity contribution in [2.75, 3.05) is 11.9 Å². The minimum absolute atomic E-state index is 0.0650. The third-order valence-electron chi connectivity index (χ3n) is 5.64. The summed E-state index contributed by atoms with van der Waals surface area (Å²) in [7, 11) is 0. The molecule has 1 saturated carbocycles. The van der Waals surface area contributed by atoms with Gasteiger partial charge in [0, 0.05) is 42.2 Å². The van der Waals surface area contributed by atoms with Crippen LogP contribution in [0.3, 0.4) is 0 Å². The lowest BCUT2D eigenvalue weighted by atomic mass is 10.1. The highest BCUT2D eigenvalue weighted by Gasteiger charge is 2.29. The quantitative estimate of drug-likeness (QED) is 0.635. The molecule has 1 aliphatic carbocycles. The van der Waals surface area contributed by atoms with Gasteiger partial charge in [0.2, 0.25) is 5.91 Å². The van der Waals surface area contributed by atoms with Crippen LogP contribution < -0.4 is 5.32 Å². The van der Waals surface area contributed by atoms with Crippen LogP contribution in [0.25, 0.3) is 11.3 Å². The molecule has 2 aliphatic rings. The van der Waals surface area contributed by atoms with E-state index in [0.717, 1.165) is 41.2 Å². The largest absolute Gasteiger partial charge is 0.461 e. The summed E-state index contributed by atoms with van der Waals surface area (Å²) in [5.41, 5.74) is 3.28. The van der Waals surface area contributed by atoms with Gasteiger partial charge in [-0.2, -0.15) is 0 Å². The van der Waals surface area contributed by atoms with Gasteiger partial charge in [-0.1, -0.05) is 23.7 Å². The second kappa shape index (κ2) is 7.65. The molecule has 2 aromatic carbocycles. The minimum Gasteiger partial charge on any atom is -0.461 e. The molecule has 2 amide bonds. The molecule has 0 radical (unpaired) electrons. The summed E-state index contributed by atoms with van der Waals surface area (Å²) in [6.07, 6.45) is 2.64. The van der Waals surface area contributed by atoms with Crippen LogP contribution in [0.4, 0.5) is 5.69 Å². The van der Waals surface area contributed by atoms with Crippen LogP contribution in [0.15, 0.2) is 59.0 Å². The van der Waals surface area contributed by atoms with Crippen LogP contribution in [-0.4, -0.2) is 23.3 Å². The number of hydrogen-bond donors (Lipinski definition) is 1. The Morgan fingerprint density at radius 2 is 1.83 bits per heavy atom. The molecular weight excluding hydrogens is 400 g/mol. The lowest BCUT2D eigenvalue weighted by molar-refractivity contribution is -0.117. The Kier molecular flexibility index (Phi) is 4.83. The number of halogens is 1. The summed E-state index contributed by atoms with van der Waals surface area (Å²) in [5, 5.41) is 3.41. The highest BCUT2D eigenvalue weighted by molar-refractivity contribution is 6.33. The average Bonchev–Trinajstić information content (AvgIpc) is 3.53. The first-order valence-corrected chi connectivity index (χ1v) is 10.5. The molecule has 0 spiro atoms. The zero-order valence-corrected chi connectivity index (χ0v) is 17.1. The van der Waals surface area contributed by atoms with Crippen LogP contribution in [0.2, 0.25) is 5.02 Å². The maximum atomic E-state index is 12.9. The molecule has 6 heteroatoms. The second-order valence-electron chi connectivity index (χ2n) is 7.86. The first kappa shape index (κ1) is 18.9. The van der Waals surface area contributed by atoms with E-state index in [9.17, 15) is 9.59 Å². The Labute approximate surface area is 179 Å². The van der Waals surface area contributed by atoms with Gasteiger partial charge in [0.05, 0.1) is 10.6 Å². The molecule has 5 rings (SSSR count). The van der Waals surface area contributed by atoms with E-state index in [2.05, 4.69) is 5.32 Å². The molecule has 1 N–H and O–H groups in total. The van der Waals surface area contributed by atoms with Crippen molar-refractivity contribution in [3.05, 3.63) is 76.5 Å². The van der Waals surface area contributed by atoms with Gasteiger partial charge in [-0.3, -0.25) is 9.59 Å². The first-order chi connectivity index (χ1) is 14.6. The minimum atomic E-state index is -0.0650. The van der Waals surface area contributed by atoms with Crippen LogP contribution in [-0.2, 0) is 17.8 Å². The van der Waals surface area contributed by atoms with E-state index in [-0.39, 0.29) is 17.7 Å². The number of fused-ring (bicyclic) bond motifs is 1. The normalized spacial score (nSPS) is 15.6. The molecule has 5 nitrogen and oxygen atoms in total. The van der Waals surface area contributed by atoms with Crippen molar-refractivity contribution in [1.29, 1.82) is 0 Å². The number of nitrogens with zero attached hydrogens (tertiary/aromatic N) is 1. The number of carbonyl (C=O) groups excluding carboxylic acids is 2. The van der Waals surface area contributed by atoms with E-state index in [1.807, 2.05) is 42.5 Å². The van der Waals surface area contributed by atoms with Gasteiger partial charge in [-0.15, -0.1) is 0 Å². The highest BCUT2D eigenvalue weighted by Crippen LogP contribution is 2.32. The smallest absolute Gasteiger partial charge is 0.255 e. The maximum absolute atomic E-state index is 12.9. The van der Waals surface area contributed by atoms with Crippen molar-refractivity contribution in [3.63, 3.8) is 0 Å². The topological polar surface area (TPSA) is 62.6 Å². The number of carbonyl (C=O) groups is 2. The number of furan rings is 1. The van der Waals surface area contributed by atoms with E-state index in [1.54, 1.807) is 17.0 Å². The average molecular weight is 421 g/mol. The Balaban J connectivity index is 1.31. The van der Waals surface area contributed by atoms with E-state index in [4.69, 9.17) is 16.0 Å². The molecule has 1 aromatic heterocycles. The molecule has 2 heterocycles. The molecule has 0 atom stereocenters. The fourth-order valence-corrected chi connectivity index (χ4v) is 3.98. The zero-order chi connectivity index (χ0) is 20.7. The number of nitrogens with one attached hydrogen (secondary N) is 1. The van der Waals surface area contributed by atoms with Crippen molar-refractivity contribution < 1.29 is 14.0 Å². The molecule has 0 saturated heterocycles. The molecule has 0 unspecified atom stereocenters. The molecule has 1 fully saturated rings. The number of hydrogen-bond acceptors (Lipinski definition) is 3. The first-order valence-electron chi connectivity index (χ1n) is 10.1. The van der Waals surface area contributed by atoms with Crippen molar-refractivity contribution in [2.24, 2.45) is 5.92 Å². The van der Waals surface area contributed by atoms with Gasteiger partial charge in [-0.05, 0) is 55.3 Å². The summed E-state index contributed by atoms with van der Waals surface area (Å²) in [6, 6.07) is 16.8. The summed E-state index contributed by atoms with van der Waals surface area (Å²) >= 11 is 6.20. The third-order valence-corrected chi connectivity index (χ3v) is 5.97. The van der Waals surface area contributed by atoms with Crippen LogP contribution in [0.1, 0.15) is 34.5 Å². The monoisotopic (exact) mass is 420 g/mol. The fraction of sp³-hybridized carbons (Fsp3) is 0.250. The Hall–Kier alpha value is -3.05. The lowest BCUT2D eigenvalue weighted by Gasteiger charge is -2.26. The van der Waals surface area contributed by atoms with E-state index < -0.39 is 0 Å². The highest BCUT2D eigenvalue weighted by atomic mass is 35.5. The number of benzene rings is 2. The summed E-state index contributed by atoms with van der Waals surface area (Å²) in [4.78, 5) is 26.6. The van der Waals surface area contributed by atoms with E-state index in [1.165, 1.54) is 0 Å². The van der Waals surface area contributed by atoms with Gasteiger partial charge in [0.15, 0.2) is 0 Å². The van der Waals surface area contributed by atoms with Gasteiger partial charge in [-0.25, -0.2) is 0 Å². The maximum Gasteiger partial charge on any atom is 0.255 e. The van der Waals surface area contributed by atoms with Crippen LogP contribution >= 0.6 is 11.6 Å². The Morgan fingerprint density at radius 3 is 2.57 bits per heavy atom. The van der Waals surface area contributed by atoms with Crippen molar-refractivity contribution >= 4 is 29.1 Å². The van der Waals surface area contributed by atoms with Gasteiger partial charge in [0.25, 0.3) is 5.91 Å². The Bertz CT molecular complexity index is 1120. The summed E-state index contributed by atoms with van der Waals surface area (Å²) in [5.74, 6) is 1.90. The van der Waals surface area contributed by atoms with Crippen LogP contribution in [0, 0.1) is 5.92 Å². The molecule has 152 valence electrons. The number of rotatable bonds is 4. The lowest BCUT2D eigenvalue weighted by Crippen LogP contribution is -2.35. The molecular formula is C24H21ClN2O3. The van der Waals surface area contributed by atoms with Gasteiger partial charge < -0.3 is 14.6 Å². The molecule has 0 bridgehead atoms. The molecule has 3 aromatic rings. The summed E-state index contributed by atoms with van der Waals surface area (Å²) < 4.78 is 6.07. The number of amides is 2. The van der Waals surface area contributed by atoms with Crippen LogP contribution in [0.5, 0.6) is 0 Å². The summed E-state index contributed by atoms with van der Waals surface area (Å²) in [6.45, 7) is 1.09. The number of anilines is 1. The fourth-order valence-electron chi connectivity index (χ4n) is 3.76. The molecule has 1 aliphatic heterocycles. The van der Waals surface area contributed by atoms with E-state index in [0.29, 0.717) is 30.1 Å². The van der Waals surface area contributed by atoms with Gasteiger partial charge >= 0.3 is 0 Å². The van der Waals surface area contributed by atoms with Gasteiger partial charge in [0.1, 0.15) is 11.5 Å². The second-order valence-corrected chi connectivity index (χ2v) is 8.26. The van der Waals surface area contributed by atoms with E-state index >= 15 is 0 Å². The predicted octanol–water partition coefficient (Wildman–Crippen LogP) is 5.15. The standard InChI is InChI=1S/C24H21ClN2O3/c25-20-4-2-1-3-19(20)24(29)27-12-11-21-17(14-27)13-22(30-21)15-7-9-18(10-8-15)26-23(28)16-5-6-16/h1-4,7-10,13,16H,5-6,11-12,14H2,(H,26,28). The Morgan fingerprint density at radius 1 is 1.07 bits per heavy atom. The third kappa shape index (κ3) is 3.73.